The van der Waals surface area contributed by atoms with Crippen molar-refractivity contribution in [1.29, 1.82) is 0 Å². The highest BCUT2D eigenvalue weighted by molar-refractivity contribution is 5.72. The van der Waals surface area contributed by atoms with Crippen molar-refractivity contribution in [2.45, 2.75) is 56.5 Å². The van der Waals surface area contributed by atoms with Gasteiger partial charge in [-0.1, -0.05) is 0 Å². The molecule has 6 atom stereocenters. The number of alkyl halides is 4. The van der Waals surface area contributed by atoms with Crippen molar-refractivity contribution in [3.8, 4) is 0 Å². The summed E-state index contributed by atoms with van der Waals surface area (Å²) in [5.74, 6) is -0.299. The highest BCUT2D eigenvalue weighted by Gasteiger charge is 2.56. The lowest BCUT2D eigenvalue weighted by Crippen LogP contribution is -2.44. The number of imidazole rings is 1. The number of hydrogen-bond acceptors (Lipinski definition) is 8. The van der Waals surface area contributed by atoms with Gasteiger partial charge in [-0.2, -0.15) is 18.2 Å². The first kappa shape index (κ1) is 20.4. The number of nitrogens with zero attached hydrogens (tertiary/aromatic N) is 4. The summed E-state index contributed by atoms with van der Waals surface area (Å²) in [6, 6.07) is 0. The zero-order valence-electron chi connectivity index (χ0n) is 14.3. The summed E-state index contributed by atoms with van der Waals surface area (Å²) in [6.45, 7) is 1.13. The Bertz CT molecular complexity index is 929. The molecule has 0 amide bonds. The molecule has 1 fully saturated rings. The smallest absolute Gasteiger partial charge is 0.392 e. The molecule has 2 aromatic rings. The van der Waals surface area contributed by atoms with Crippen LogP contribution >= 0.6 is 0 Å². The maximum Gasteiger partial charge on any atom is 0.417 e. The topological polar surface area (TPSA) is 149 Å². The molecule has 1 aliphatic rings. The number of fused-ring (bicyclic) bond motifs is 1. The Morgan fingerprint density at radius 1 is 1.39 bits per heavy atom. The Balaban J connectivity index is 2.12. The van der Waals surface area contributed by atoms with Crippen molar-refractivity contribution in [3.63, 3.8) is 0 Å². The SMILES string of the molecule is C[C@H](O)Cn1c(=O)n([C@@H]2O[C@H]([C@@H](O)C(F)(F)F)[C@H](F)[C@H]2O)c2nc(N)ncc21. The van der Waals surface area contributed by atoms with Gasteiger partial charge in [-0.3, -0.25) is 4.57 Å². The zero-order valence-corrected chi connectivity index (χ0v) is 14.3. The first-order valence-corrected chi connectivity index (χ1v) is 8.07. The molecular formula is C14H17F4N5O5. The van der Waals surface area contributed by atoms with Gasteiger partial charge in [0.25, 0.3) is 0 Å². The van der Waals surface area contributed by atoms with E-state index in [0.29, 0.717) is 4.57 Å². The number of aliphatic hydroxyl groups excluding tert-OH is 3. The molecule has 3 heterocycles. The molecule has 0 unspecified atom stereocenters. The van der Waals surface area contributed by atoms with Crippen LogP contribution in [0.1, 0.15) is 13.2 Å². The van der Waals surface area contributed by atoms with Crippen LogP contribution in [0.5, 0.6) is 0 Å². The van der Waals surface area contributed by atoms with Crippen molar-refractivity contribution in [2.24, 2.45) is 0 Å². The Hall–Kier alpha value is -2.29. The van der Waals surface area contributed by atoms with Gasteiger partial charge >= 0.3 is 11.9 Å². The summed E-state index contributed by atoms with van der Waals surface area (Å²) in [5.41, 5.74) is 4.33. The minimum absolute atomic E-state index is 0.0335. The maximum absolute atomic E-state index is 14.3. The van der Waals surface area contributed by atoms with E-state index in [4.69, 9.17) is 10.5 Å². The van der Waals surface area contributed by atoms with Gasteiger partial charge in [-0.15, -0.1) is 0 Å². The van der Waals surface area contributed by atoms with Gasteiger partial charge < -0.3 is 25.8 Å². The summed E-state index contributed by atoms with van der Waals surface area (Å²) in [7, 11) is 0. The molecule has 156 valence electrons. The molecule has 2 aromatic heterocycles. The molecule has 10 nitrogen and oxygen atoms in total. The number of hydrogen-bond donors (Lipinski definition) is 4. The second-order valence-electron chi connectivity index (χ2n) is 6.46. The fourth-order valence-corrected chi connectivity index (χ4v) is 3.06. The van der Waals surface area contributed by atoms with Crippen LogP contribution in [0.15, 0.2) is 11.0 Å². The van der Waals surface area contributed by atoms with Crippen LogP contribution < -0.4 is 11.4 Å². The predicted molar refractivity (Wildman–Crippen MR) is 84.8 cm³/mol. The van der Waals surface area contributed by atoms with Crippen molar-refractivity contribution >= 4 is 17.1 Å². The third-order valence-corrected chi connectivity index (χ3v) is 4.30. The Labute approximate surface area is 153 Å². The number of nitrogens with two attached hydrogens (primary N) is 1. The predicted octanol–water partition coefficient (Wildman–Crippen LogP) is -0.924. The first-order chi connectivity index (χ1) is 12.9. The number of ether oxygens (including phenoxy) is 1. The van der Waals surface area contributed by atoms with Crippen LogP contribution in [0.4, 0.5) is 23.5 Å². The van der Waals surface area contributed by atoms with Crippen LogP contribution in [0.3, 0.4) is 0 Å². The molecule has 3 rings (SSSR count). The second-order valence-corrected chi connectivity index (χ2v) is 6.46. The highest BCUT2D eigenvalue weighted by atomic mass is 19.4. The summed E-state index contributed by atoms with van der Waals surface area (Å²) < 4.78 is 59.0. The average Bonchev–Trinajstić information content (AvgIpc) is 3.01. The number of nitrogen functional groups attached to an aromatic ring is 1. The molecule has 0 spiro atoms. The molecule has 14 heteroatoms. The van der Waals surface area contributed by atoms with E-state index in [0.717, 1.165) is 10.8 Å². The number of rotatable bonds is 4. The van der Waals surface area contributed by atoms with E-state index in [1.807, 2.05) is 0 Å². The summed E-state index contributed by atoms with van der Waals surface area (Å²) >= 11 is 0. The highest BCUT2D eigenvalue weighted by Crippen LogP contribution is 2.38. The molecule has 0 aromatic carbocycles. The standard InChI is InChI=1S/C14H17F4N5O5/c1-4(24)3-22-5-2-20-12(19)21-10(5)23(13(22)27)11-7(25)6(15)8(28-11)9(26)14(16,17)18/h2,4,6-9,11,24-26H,3H2,1H3,(H2,19,20,21)/t4-,6+,7+,8-,9+,11+/m0/s1. The van der Waals surface area contributed by atoms with Crippen molar-refractivity contribution in [3.05, 3.63) is 16.7 Å². The van der Waals surface area contributed by atoms with Gasteiger partial charge in [-0.25, -0.2) is 18.7 Å². The third kappa shape index (κ3) is 3.32. The lowest BCUT2D eigenvalue weighted by atomic mass is 10.1. The van der Waals surface area contributed by atoms with Gasteiger partial charge in [-0.05, 0) is 6.92 Å². The fraction of sp³-hybridized carbons (Fsp3) is 0.643. The quantitative estimate of drug-likeness (QED) is 0.472. The van der Waals surface area contributed by atoms with E-state index in [-0.39, 0.29) is 23.7 Å². The Morgan fingerprint density at radius 2 is 2.04 bits per heavy atom. The Morgan fingerprint density at radius 3 is 2.61 bits per heavy atom. The lowest BCUT2D eigenvalue weighted by Gasteiger charge is -2.22. The van der Waals surface area contributed by atoms with Crippen molar-refractivity contribution in [1.82, 2.24) is 19.1 Å². The molecule has 0 aliphatic carbocycles. The third-order valence-electron chi connectivity index (χ3n) is 4.30. The van der Waals surface area contributed by atoms with Crippen LogP contribution in [-0.2, 0) is 11.3 Å². The van der Waals surface area contributed by atoms with E-state index < -0.39 is 48.7 Å². The summed E-state index contributed by atoms with van der Waals surface area (Å²) in [5, 5.41) is 29.0. The molecular weight excluding hydrogens is 394 g/mol. The summed E-state index contributed by atoms with van der Waals surface area (Å²) in [6.07, 6.45) is -17.5. The van der Waals surface area contributed by atoms with Gasteiger partial charge in [0.15, 0.2) is 24.2 Å². The fourth-order valence-electron chi connectivity index (χ4n) is 3.06. The molecule has 0 bridgehead atoms. The second kappa shape index (κ2) is 6.95. The molecule has 1 aliphatic heterocycles. The van der Waals surface area contributed by atoms with E-state index in [1.165, 1.54) is 6.92 Å². The largest absolute Gasteiger partial charge is 0.417 e. The van der Waals surface area contributed by atoms with E-state index in [2.05, 4.69) is 9.97 Å². The normalized spacial score (nSPS) is 28.0. The van der Waals surface area contributed by atoms with E-state index in [9.17, 15) is 37.7 Å². The zero-order chi connectivity index (χ0) is 21.0. The number of halogens is 4. The van der Waals surface area contributed by atoms with Gasteiger partial charge in [0.05, 0.1) is 18.8 Å². The monoisotopic (exact) mass is 411 g/mol. The minimum atomic E-state index is -5.21. The Kier molecular flexibility index (Phi) is 5.07. The summed E-state index contributed by atoms with van der Waals surface area (Å²) in [4.78, 5) is 20.3. The number of aliphatic hydroxyl groups is 3. The molecule has 28 heavy (non-hydrogen) atoms. The lowest BCUT2D eigenvalue weighted by molar-refractivity contribution is -0.241. The van der Waals surface area contributed by atoms with E-state index in [1.54, 1.807) is 0 Å². The molecule has 0 radical (unpaired) electrons. The average molecular weight is 411 g/mol. The van der Waals surface area contributed by atoms with Gasteiger partial charge in [0.1, 0.15) is 17.7 Å². The van der Waals surface area contributed by atoms with Crippen LogP contribution in [0.2, 0.25) is 0 Å². The molecule has 0 saturated carbocycles. The number of anilines is 1. The number of aromatic nitrogens is 4. The maximum atomic E-state index is 14.3. The van der Waals surface area contributed by atoms with Crippen LogP contribution in [0.25, 0.3) is 11.2 Å². The van der Waals surface area contributed by atoms with E-state index >= 15 is 0 Å². The first-order valence-electron chi connectivity index (χ1n) is 8.07. The molecule has 5 N–H and O–H groups in total. The van der Waals surface area contributed by atoms with Crippen molar-refractivity contribution < 1.29 is 37.6 Å². The van der Waals surface area contributed by atoms with Crippen LogP contribution in [0, 0.1) is 0 Å². The van der Waals surface area contributed by atoms with Crippen molar-refractivity contribution in [2.75, 3.05) is 5.73 Å². The van der Waals surface area contributed by atoms with Crippen LogP contribution in [-0.4, -0.2) is 71.2 Å². The van der Waals surface area contributed by atoms with Gasteiger partial charge in [0, 0.05) is 0 Å². The minimum Gasteiger partial charge on any atom is -0.392 e. The molecule has 1 saturated heterocycles. The van der Waals surface area contributed by atoms with Gasteiger partial charge in [0.2, 0.25) is 5.95 Å².